The predicted molar refractivity (Wildman–Crippen MR) is 103 cm³/mol. The highest BCUT2D eigenvalue weighted by molar-refractivity contribution is 9.10. The number of aromatic amines is 1. The number of H-pyrrole nitrogens is 1. The zero-order valence-corrected chi connectivity index (χ0v) is 17.5. The Kier molecular flexibility index (Phi) is 5.45. The highest BCUT2D eigenvalue weighted by Gasteiger charge is 2.34. The van der Waals surface area contributed by atoms with Gasteiger partial charge in [-0.2, -0.15) is 0 Å². The van der Waals surface area contributed by atoms with Crippen molar-refractivity contribution < 1.29 is 26.0 Å². The first-order chi connectivity index (χ1) is 14.2. The number of fused-ring (bicyclic) bond motifs is 1. The minimum atomic E-state index is -4.84. The van der Waals surface area contributed by atoms with Crippen LogP contribution in [0.15, 0.2) is 28.0 Å². The molecule has 0 saturated carbocycles. The number of hydrogen-bond donors (Lipinski definition) is 2. The van der Waals surface area contributed by atoms with Gasteiger partial charge < -0.3 is 9.88 Å². The maximum absolute atomic E-state index is 14.1. The molecule has 3 aromatic rings. The molecular formula is C17H14BrF4N5O2S. The first kappa shape index (κ1) is 21.0. The molecule has 30 heavy (non-hydrogen) atoms. The molecule has 1 fully saturated rings. The average molecular weight is 508 g/mol. The number of rotatable bonds is 4. The van der Waals surface area contributed by atoms with E-state index in [0.29, 0.717) is 37.4 Å². The molecule has 160 valence electrons. The average Bonchev–Trinajstić information content (AvgIpc) is 3.20. The molecule has 0 radical (unpaired) electrons. The lowest BCUT2D eigenvalue weighted by molar-refractivity contribution is 0.407. The number of hydrogen-bond acceptors (Lipinski definition) is 5. The van der Waals surface area contributed by atoms with Crippen LogP contribution in [0.2, 0.25) is 0 Å². The van der Waals surface area contributed by atoms with Crippen molar-refractivity contribution in [3.05, 3.63) is 46.3 Å². The summed E-state index contributed by atoms with van der Waals surface area (Å²) in [5.74, 6) is -6.92. The third-order valence-electron chi connectivity index (χ3n) is 4.89. The summed E-state index contributed by atoms with van der Waals surface area (Å²) < 4.78 is 81.7. The standard InChI is InChI=1S/C17H14BrF4N5O2S/c18-10-11(19)13(21)15(14(22)12(10)20)30(28,29)26-8-2-5-27(6-3-8)17-9-1-4-23-16(9)24-7-25-17/h1,4,7-8,26H,2-3,5-6H2,(H,23,24,25). The molecule has 2 N–H and O–H groups in total. The number of halogens is 5. The number of anilines is 1. The fraction of sp³-hybridized carbons (Fsp3) is 0.294. The zero-order valence-electron chi connectivity index (χ0n) is 15.1. The van der Waals surface area contributed by atoms with Crippen LogP contribution < -0.4 is 9.62 Å². The van der Waals surface area contributed by atoms with Gasteiger partial charge in [0.1, 0.15) is 17.8 Å². The van der Waals surface area contributed by atoms with Gasteiger partial charge in [-0.25, -0.2) is 40.7 Å². The molecule has 1 aliphatic heterocycles. The molecule has 1 aromatic carbocycles. The van der Waals surface area contributed by atoms with Crippen molar-refractivity contribution in [3.63, 3.8) is 0 Å². The van der Waals surface area contributed by atoms with Crippen LogP contribution >= 0.6 is 15.9 Å². The normalized spacial score (nSPS) is 15.8. The van der Waals surface area contributed by atoms with Gasteiger partial charge in [0, 0.05) is 25.3 Å². The SMILES string of the molecule is O=S(=O)(NC1CCN(c2ncnc3[nH]ccc23)CC1)c1c(F)c(F)c(Br)c(F)c1F. The fourth-order valence-electron chi connectivity index (χ4n) is 3.42. The first-order valence-electron chi connectivity index (χ1n) is 8.77. The maximum atomic E-state index is 14.1. The Labute approximate surface area is 176 Å². The van der Waals surface area contributed by atoms with E-state index in [2.05, 4.69) is 35.6 Å². The van der Waals surface area contributed by atoms with Gasteiger partial charge in [-0.1, -0.05) is 0 Å². The molecule has 0 amide bonds. The van der Waals surface area contributed by atoms with Crippen molar-refractivity contribution in [2.75, 3.05) is 18.0 Å². The van der Waals surface area contributed by atoms with Crippen LogP contribution in [0.25, 0.3) is 11.0 Å². The van der Waals surface area contributed by atoms with Crippen molar-refractivity contribution in [2.24, 2.45) is 0 Å². The number of nitrogens with zero attached hydrogens (tertiary/aromatic N) is 3. The van der Waals surface area contributed by atoms with Crippen molar-refractivity contribution in [2.45, 2.75) is 23.8 Å². The van der Waals surface area contributed by atoms with E-state index < -0.39 is 48.7 Å². The monoisotopic (exact) mass is 507 g/mol. The highest BCUT2D eigenvalue weighted by Crippen LogP contribution is 2.31. The molecule has 1 aliphatic rings. The summed E-state index contributed by atoms with van der Waals surface area (Å²) >= 11 is 2.36. The van der Waals surface area contributed by atoms with Gasteiger partial charge in [0.15, 0.2) is 28.2 Å². The maximum Gasteiger partial charge on any atom is 0.246 e. The molecule has 0 unspecified atom stereocenters. The number of aromatic nitrogens is 3. The second-order valence-electron chi connectivity index (χ2n) is 6.72. The highest BCUT2D eigenvalue weighted by atomic mass is 79.9. The second kappa shape index (κ2) is 7.78. The van der Waals surface area contributed by atoms with Crippen LogP contribution in [-0.2, 0) is 10.0 Å². The van der Waals surface area contributed by atoms with Crippen molar-refractivity contribution >= 4 is 42.8 Å². The summed E-state index contributed by atoms with van der Waals surface area (Å²) in [7, 11) is -4.84. The second-order valence-corrected chi connectivity index (χ2v) is 9.16. The van der Waals surface area contributed by atoms with Gasteiger partial charge in [-0.15, -0.1) is 0 Å². The van der Waals surface area contributed by atoms with Gasteiger partial charge in [0.25, 0.3) is 0 Å². The zero-order chi connectivity index (χ0) is 21.6. The fourth-order valence-corrected chi connectivity index (χ4v) is 5.21. The Morgan fingerprint density at radius 2 is 1.70 bits per heavy atom. The van der Waals surface area contributed by atoms with Crippen molar-refractivity contribution in [3.8, 4) is 0 Å². The van der Waals surface area contributed by atoms with Crippen LogP contribution in [0, 0.1) is 23.3 Å². The summed E-state index contributed by atoms with van der Waals surface area (Å²) in [6, 6.07) is 1.14. The Balaban J connectivity index is 1.52. The Morgan fingerprint density at radius 3 is 2.33 bits per heavy atom. The number of piperidine rings is 1. The Bertz CT molecular complexity index is 1200. The molecule has 2 aromatic heterocycles. The third-order valence-corrected chi connectivity index (χ3v) is 7.12. The van der Waals surface area contributed by atoms with E-state index in [0.717, 1.165) is 5.39 Å². The minimum Gasteiger partial charge on any atom is -0.356 e. The largest absolute Gasteiger partial charge is 0.356 e. The predicted octanol–water partition coefficient (Wildman–Crippen LogP) is 3.22. The minimum absolute atomic E-state index is 0.292. The van der Waals surface area contributed by atoms with Crippen LogP contribution in [0.3, 0.4) is 0 Å². The summed E-state index contributed by atoms with van der Waals surface area (Å²) in [6.45, 7) is 0.803. The van der Waals surface area contributed by atoms with E-state index in [1.807, 2.05) is 11.0 Å². The molecule has 1 saturated heterocycles. The van der Waals surface area contributed by atoms with E-state index in [4.69, 9.17) is 0 Å². The molecule has 4 rings (SSSR count). The molecule has 0 atom stereocenters. The van der Waals surface area contributed by atoms with E-state index in [-0.39, 0.29) is 0 Å². The smallest absolute Gasteiger partial charge is 0.246 e. The Hall–Kier alpha value is -2.25. The quantitative estimate of drug-likeness (QED) is 0.321. The van der Waals surface area contributed by atoms with Crippen molar-refractivity contribution in [1.82, 2.24) is 19.7 Å². The summed E-state index contributed by atoms with van der Waals surface area (Å²) in [5.41, 5.74) is 0.660. The van der Waals surface area contributed by atoms with Gasteiger partial charge >= 0.3 is 0 Å². The first-order valence-corrected chi connectivity index (χ1v) is 11.0. The summed E-state index contributed by atoms with van der Waals surface area (Å²) in [6.07, 6.45) is 3.72. The summed E-state index contributed by atoms with van der Waals surface area (Å²) in [4.78, 5) is 11.6. The van der Waals surface area contributed by atoms with Gasteiger partial charge in [-0.3, -0.25) is 0 Å². The Morgan fingerprint density at radius 1 is 1.07 bits per heavy atom. The van der Waals surface area contributed by atoms with Gasteiger partial charge in [0.2, 0.25) is 10.0 Å². The topological polar surface area (TPSA) is 91.0 Å². The van der Waals surface area contributed by atoms with E-state index in [1.165, 1.54) is 6.33 Å². The lowest BCUT2D eigenvalue weighted by atomic mass is 10.1. The van der Waals surface area contributed by atoms with Crippen LogP contribution in [0.1, 0.15) is 12.8 Å². The molecule has 3 heterocycles. The van der Waals surface area contributed by atoms with Crippen molar-refractivity contribution in [1.29, 1.82) is 0 Å². The molecule has 7 nitrogen and oxygen atoms in total. The number of benzene rings is 1. The lowest BCUT2D eigenvalue weighted by Crippen LogP contribution is -2.45. The van der Waals surface area contributed by atoms with Gasteiger partial charge in [0.05, 0.1) is 9.86 Å². The third kappa shape index (κ3) is 3.54. The lowest BCUT2D eigenvalue weighted by Gasteiger charge is -2.33. The van der Waals surface area contributed by atoms with E-state index in [9.17, 15) is 26.0 Å². The molecule has 13 heteroatoms. The molecule has 0 spiro atoms. The molecule has 0 aliphatic carbocycles. The molecule has 0 bridgehead atoms. The van der Waals surface area contributed by atoms with Crippen LogP contribution in [0.5, 0.6) is 0 Å². The molecular weight excluding hydrogens is 494 g/mol. The van der Waals surface area contributed by atoms with Crippen LogP contribution in [-0.4, -0.2) is 42.5 Å². The number of nitrogens with one attached hydrogen (secondary N) is 2. The van der Waals surface area contributed by atoms with E-state index in [1.54, 1.807) is 6.20 Å². The van der Waals surface area contributed by atoms with Crippen LogP contribution in [0.4, 0.5) is 23.4 Å². The number of sulfonamides is 1. The van der Waals surface area contributed by atoms with E-state index >= 15 is 0 Å². The van der Waals surface area contributed by atoms with Gasteiger partial charge in [-0.05, 0) is 34.8 Å². The summed E-state index contributed by atoms with van der Waals surface area (Å²) in [5, 5.41) is 0.807.